The quantitative estimate of drug-likeness (QED) is 0.831. The zero-order valence-electron chi connectivity index (χ0n) is 12.3. The monoisotopic (exact) mass is 328 g/mol. The van der Waals surface area contributed by atoms with E-state index in [-0.39, 0.29) is 6.04 Å². The summed E-state index contributed by atoms with van der Waals surface area (Å²) in [5, 5.41) is 0. The molecule has 0 saturated heterocycles. The fourth-order valence-corrected chi connectivity index (χ4v) is 2.78. The van der Waals surface area contributed by atoms with Crippen molar-refractivity contribution in [1.29, 1.82) is 0 Å². The minimum Gasteiger partial charge on any atom is -0.383 e. The number of benzene rings is 1. The van der Waals surface area contributed by atoms with Crippen molar-refractivity contribution >= 4 is 21.6 Å². The van der Waals surface area contributed by atoms with Gasteiger partial charge in [0.25, 0.3) is 0 Å². The van der Waals surface area contributed by atoms with Gasteiger partial charge in [-0.2, -0.15) is 0 Å². The molecule has 108 valence electrons. The Morgan fingerprint density at radius 1 is 1.32 bits per heavy atom. The summed E-state index contributed by atoms with van der Waals surface area (Å²) in [6, 6.07) is 6.43. The van der Waals surface area contributed by atoms with E-state index in [9.17, 15) is 0 Å². The van der Waals surface area contributed by atoms with Gasteiger partial charge in [0.05, 0.1) is 6.61 Å². The second kappa shape index (κ2) is 7.88. The van der Waals surface area contributed by atoms with Crippen LogP contribution in [0.2, 0.25) is 0 Å². The van der Waals surface area contributed by atoms with Crippen LogP contribution in [0.3, 0.4) is 0 Å². The highest BCUT2D eigenvalue weighted by Crippen LogP contribution is 2.27. The molecular weight excluding hydrogens is 304 g/mol. The molecular formula is C15H25BrN2O. The second-order valence-electron chi connectivity index (χ2n) is 5.33. The van der Waals surface area contributed by atoms with Gasteiger partial charge in [0.15, 0.2) is 0 Å². The Hall–Kier alpha value is -0.580. The van der Waals surface area contributed by atoms with Gasteiger partial charge in [0.1, 0.15) is 0 Å². The Morgan fingerprint density at radius 3 is 2.47 bits per heavy atom. The van der Waals surface area contributed by atoms with Crippen LogP contribution in [0.1, 0.15) is 32.4 Å². The van der Waals surface area contributed by atoms with Crippen molar-refractivity contribution < 1.29 is 4.74 Å². The fourth-order valence-electron chi connectivity index (χ4n) is 2.05. The Morgan fingerprint density at radius 2 is 2.00 bits per heavy atom. The third kappa shape index (κ3) is 5.13. The third-order valence-electron chi connectivity index (χ3n) is 2.99. The number of anilines is 1. The molecule has 2 N–H and O–H groups in total. The summed E-state index contributed by atoms with van der Waals surface area (Å²) in [7, 11) is 1.74. The number of nitrogens with two attached hydrogens (primary N) is 1. The zero-order valence-corrected chi connectivity index (χ0v) is 13.9. The maximum atomic E-state index is 5.94. The number of hydrogen-bond donors (Lipinski definition) is 1. The van der Waals surface area contributed by atoms with Gasteiger partial charge in [-0.25, -0.2) is 0 Å². The first-order valence-electron chi connectivity index (χ1n) is 6.74. The summed E-state index contributed by atoms with van der Waals surface area (Å²) in [5.41, 5.74) is 8.29. The summed E-state index contributed by atoms with van der Waals surface area (Å²) in [4.78, 5) is 2.35. The molecule has 19 heavy (non-hydrogen) atoms. The lowest BCUT2D eigenvalue weighted by molar-refractivity contribution is 0.204. The molecule has 0 aliphatic carbocycles. The van der Waals surface area contributed by atoms with E-state index in [0.717, 1.165) is 29.7 Å². The molecule has 1 rings (SSSR count). The molecule has 3 nitrogen and oxygen atoms in total. The van der Waals surface area contributed by atoms with Gasteiger partial charge >= 0.3 is 0 Å². The van der Waals surface area contributed by atoms with Crippen molar-refractivity contribution in [3.8, 4) is 0 Å². The molecule has 4 heteroatoms. The van der Waals surface area contributed by atoms with Crippen LogP contribution >= 0.6 is 15.9 Å². The average molecular weight is 329 g/mol. The van der Waals surface area contributed by atoms with Crippen LogP contribution in [0.15, 0.2) is 22.7 Å². The number of hydrogen-bond acceptors (Lipinski definition) is 3. The van der Waals surface area contributed by atoms with E-state index < -0.39 is 0 Å². The lowest BCUT2D eigenvalue weighted by Gasteiger charge is -2.27. The molecule has 0 amide bonds. The van der Waals surface area contributed by atoms with E-state index >= 15 is 0 Å². The minimum atomic E-state index is 0.0425. The zero-order chi connectivity index (χ0) is 14.4. The Balaban J connectivity index is 2.92. The summed E-state index contributed by atoms with van der Waals surface area (Å²) < 4.78 is 6.27. The lowest BCUT2D eigenvalue weighted by atomic mass is 10.1. The average Bonchev–Trinajstić information content (AvgIpc) is 2.33. The van der Waals surface area contributed by atoms with Crippen molar-refractivity contribution in [3.63, 3.8) is 0 Å². The topological polar surface area (TPSA) is 38.5 Å². The Labute approximate surface area is 125 Å². The van der Waals surface area contributed by atoms with E-state index in [1.807, 2.05) is 6.92 Å². The normalized spacial score (nSPS) is 12.8. The first kappa shape index (κ1) is 16.5. The van der Waals surface area contributed by atoms with E-state index in [0.29, 0.717) is 5.92 Å². The van der Waals surface area contributed by atoms with E-state index in [4.69, 9.17) is 10.5 Å². The van der Waals surface area contributed by atoms with Crippen molar-refractivity contribution in [2.45, 2.75) is 26.8 Å². The van der Waals surface area contributed by atoms with Crippen LogP contribution in [-0.4, -0.2) is 26.8 Å². The standard InChI is InChI=1S/C15H25BrN2O/c1-11(2)10-18(7-8-19-4)13-5-6-14(12(3)17)15(16)9-13/h5-6,9,11-12H,7-8,10,17H2,1-4H3. The lowest BCUT2D eigenvalue weighted by Crippen LogP contribution is -2.31. The number of nitrogens with zero attached hydrogens (tertiary/aromatic N) is 1. The minimum absolute atomic E-state index is 0.0425. The van der Waals surface area contributed by atoms with Crippen molar-refractivity contribution in [3.05, 3.63) is 28.2 Å². The van der Waals surface area contributed by atoms with Crippen LogP contribution in [0.5, 0.6) is 0 Å². The summed E-state index contributed by atoms with van der Waals surface area (Å²) in [5.74, 6) is 0.615. The molecule has 1 aromatic carbocycles. The fraction of sp³-hybridized carbons (Fsp3) is 0.600. The molecule has 1 unspecified atom stereocenters. The molecule has 0 fully saturated rings. The maximum absolute atomic E-state index is 5.94. The third-order valence-corrected chi connectivity index (χ3v) is 3.68. The molecule has 0 aromatic heterocycles. The molecule has 0 heterocycles. The number of methoxy groups -OCH3 is 1. The Bertz CT molecular complexity index is 394. The summed E-state index contributed by atoms with van der Waals surface area (Å²) in [6.45, 7) is 9.11. The van der Waals surface area contributed by atoms with Crippen LogP contribution in [0, 0.1) is 5.92 Å². The van der Waals surface area contributed by atoms with Gasteiger partial charge in [-0.3, -0.25) is 0 Å². The summed E-state index contributed by atoms with van der Waals surface area (Å²) >= 11 is 3.61. The van der Waals surface area contributed by atoms with Crippen LogP contribution in [-0.2, 0) is 4.74 Å². The highest BCUT2D eigenvalue weighted by Gasteiger charge is 2.11. The van der Waals surface area contributed by atoms with Gasteiger partial charge in [-0.05, 0) is 30.5 Å². The summed E-state index contributed by atoms with van der Waals surface area (Å²) in [6.07, 6.45) is 0. The number of halogens is 1. The highest BCUT2D eigenvalue weighted by atomic mass is 79.9. The van der Waals surface area contributed by atoms with Crippen molar-refractivity contribution in [1.82, 2.24) is 0 Å². The van der Waals surface area contributed by atoms with E-state index in [1.165, 1.54) is 5.69 Å². The van der Waals surface area contributed by atoms with Gasteiger partial charge in [-0.1, -0.05) is 35.8 Å². The highest BCUT2D eigenvalue weighted by molar-refractivity contribution is 9.10. The van der Waals surface area contributed by atoms with Crippen molar-refractivity contribution in [2.75, 3.05) is 31.7 Å². The Kier molecular flexibility index (Phi) is 6.83. The molecule has 1 aromatic rings. The van der Waals surface area contributed by atoms with Gasteiger partial charge < -0.3 is 15.4 Å². The largest absolute Gasteiger partial charge is 0.383 e. The second-order valence-corrected chi connectivity index (χ2v) is 6.18. The van der Waals surface area contributed by atoms with E-state index in [2.05, 4.69) is 52.9 Å². The number of rotatable bonds is 7. The smallest absolute Gasteiger partial charge is 0.0637 e. The van der Waals surface area contributed by atoms with Crippen LogP contribution in [0.25, 0.3) is 0 Å². The SMILES string of the molecule is COCCN(CC(C)C)c1ccc(C(C)N)c(Br)c1. The molecule has 1 atom stereocenters. The molecule has 0 saturated carbocycles. The van der Waals surface area contributed by atoms with Gasteiger partial charge in [0, 0.05) is 36.4 Å². The molecule has 0 aliphatic heterocycles. The maximum Gasteiger partial charge on any atom is 0.0637 e. The molecule has 0 bridgehead atoms. The molecule has 0 radical (unpaired) electrons. The number of ether oxygens (including phenoxy) is 1. The first-order chi connectivity index (χ1) is 8.95. The first-order valence-corrected chi connectivity index (χ1v) is 7.54. The van der Waals surface area contributed by atoms with Crippen molar-refractivity contribution in [2.24, 2.45) is 11.7 Å². The van der Waals surface area contributed by atoms with Crippen LogP contribution < -0.4 is 10.6 Å². The van der Waals surface area contributed by atoms with Gasteiger partial charge in [-0.15, -0.1) is 0 Å². The van der Waals surface area contributed by atoms with Gasteiger partial charge in [0.2, 0.25) is 0 Å². The predicted octanol–water partition coefficient (Wildman–Crippen LogP) is 3.58. The molecule has 0 aliphatic rings. The predicted molar refractivity (Wildman–Crippen MR) is 85.7 cm³/mol. The van der Waals surface area contributed by atoms with Crippen LogP contribution in [0.4, 0.5) is 5.69 Å². The molecule has 0 spiro atoms. The van der Waals surface area contributed by atoms with E-state index in [1.54, 1.807) is 7.11 Å².